The zero-order valence-corrected chi connectivity index (χ0v) is 10.7. The summed E-state index contributed by atoms with van der Waals surface area (Å²) in [5.41, 5.74) is 1.72. The molecule has 1 amide bonds. The molecule has 4 N–H and O–H groups in total. The van der Waals surface area contributed by atoms with Crippen LogP contribution in [0.3, 0.4) is 0 Å². The van der Waals surface area contributed by atoms with Crippen molar-refractivity contribution in [1.29, 1.82) is 0 Å². The van der Waals surface area contributed by atoms with Crippen molar-refractivity contribution in [1.82, 2.24) is 5.43 Å². The number of nitrogen functional groups attached to an aromatic ring is 1. The number of amides is 1. The highest BCUT2D eigenvalue weighted by Crippen LogP contribution is 2.29. The lowest BCUT2D eigenvalue weighted by atomic mass is 10.2. The maximum atomic E-state index is 12.4. The van der Waals surface area contributed by atoms with Crippen LogP contribution in [0.25, 0.3) is 0 Å². The fourth-order valence-electron chi connectivity index (χ4n) is 1.63. The summed E-state index contributed by atoms with van der Waals surface area (Å²) in [7, 11) is 0. The van der Waals surface area contributed by atoms with Crippen LogP contribution < -0.4 is 16.6 Å². The molecule has 2 aromatic rings. The van der Waals surface area contributed by atoms with Gasteiger partial charge in [-0.25, -0.2) is 5.84 Å². The number of anilines is 1. The van der Waals surface area contributed by atoms with Crippen LogP contribution in [0.15, 0.2) is 40.8 Å². The molecule has 0 aliphatic heterocycles. The lowest BCUT2D eigenvalue weighted by molar-refractivity contribution is -0.137. The van der Waals surface area contributed by atoms with E-state index in [1.54, 1.807) is 6.07 Å². The fraction of sp³-hybridized carbons (Fsp3) is 0.154. The molecule has 1 aromatic heterocycles. The molecule has 0 saturated carbocycles. The zero-order chi connectivity index (χ0) is 15.5. The van der Waals surface area contributed by atoms with E-state index >= 15 is 0 Å². The number of hydrogen-bond acceptors (Lipinski definition) is 4. The van der Waals surface area contributed by atoms with E-state index in [0.29, 0.717) is 11.4 Å². The molecule has 1 aromatic carbocycles. The third kappa shape index (κ3) is 3.76. The van der Waals surface area contributed by atoms with Crippen LogP contribution in [0.1, 0.15) is 21.9 Å². The molecule has 0 aliphatic carbocycles. The highest BCUT2D eigenvalue weighted by atomic mass is 19.4. The maximum absolute atomic E-state index is 12.4. The van der Waals surface area contributed by atoms with Crippen molar-refractivity contribution in [2.75, 3.05) is 5.32 Å². The molecule has 0 atom stereocenters. The number of halogens is 3. The van der Waals surface area contributed by atoms with E-state index in [1.165, 1.54) is 18.2 Å². The van der Waals surface area contributed by atoms with Crippen LogP contribution in [-0.4, -0.2) is 5.91 Å². The van der Waals surface area contributed by atoms with Gasteiger partial charge in [0.15, 0.2) is 5.76 Å². The van der Waals surface area contributed by atoms with Gasteiger partial charge in [-0.05, 0) is 36.4 Å². The van der Waals surface area contributed by atoms with Gasteiger partial charge in [-0.3, -0.25) is 10.2 Å². The van der Waals surface area contributed by atoms with Gasteiger partial charge >= 0.3 is 12.1 Å². The zero-order valence-electron chi connectivity index (χ0n) is 10.7. The SMILES string of the molecule is NNC(=O)c1ccc(CNc2ccc(C(F)(F)F)cc2)o1. The third-order valence-electron chi connectivity index (χ3n) is 2.70. The number of furan rings is 1. The number of hydrogen-bond donors (Lipinski definition) is 3. The fourth-order valence-corrected chi connectivity index (χ4v) is 1.63. The van der Waals surface area contributed by atoms with Crippen molar-refractivity contribution in [3.63, 3.8) is 0 Å². The van der Waals surface area contributed by atoms with Crippen LogP contribution in [0.5, 0.6) is 0 Å². The molecule has 5 nitrogen and oxygen atoms in total. The van der Waals surface area contributed by atoms with Gasteiger partial charge in [0.25, 0.3) is 0 Å². The average molecular weight is 299 g/mol. The summed E-state index contributed by atoms with van der Waals surface area (Å²) in [6.07, 6.45) is -4.36. The molecule has 21 heavy (non-hydrogen) atoms. The minimum Gasteiger partial charge on any atom is -0.454 e. The second-order valence-corrected chi connectivity index (χ2v) is 4.17. The van der Waals surface area contributed by atoms with Gasteiger partial charge in [0, 0.05) is 5.69 Å². The number of benzene rings is 1. The lowest BCUT2D eigenvalue weighted by Crippen LogP contribution is -2.29. The largest absolute Gasteiger partial charge is 0.454 e. The highest BCUT2D eigenvalue weighted by Gasteiger charge is 2.29. The molecule has 0 saturated heterocycles. The summed E-state index contributed by atoms with van der Waals surface area (Å²) in [5, 5.41) is 2.89. The second-order valence-electron chi connectivity index (χ2n) is 4.17. The van der Waals surface area contributed by atoms with Crippen molar-refractivity contribution in [2.45, 2.75) is 12.7 Å². The summed E-state index contributed by atoms with van der Waals surface area (Å²) >= 11 is 0. The predicted molar refractivity (Wildman–Crippen MR) is 69.1 cm³/mol. The van der Waals surface area contributed by atoms with Crippen molar-refractivity contribution >= 4 is 11.6 Å². The maximum Gasteiger partial charge on any atom is 0.416 e. The Morgan fingerprint density at radius 2 is 1.81 bits per heavy atom. The minimum atomic E-state index is -4.36. The first kappa shape index (κ1) is 14.9. The average Bonchev–Trinajstić information content (AvgIpc) is 2.92. The summed E-state index contributed by atoms with van der Waals surface area (Å²) in [6, 6.07) is 7.63. The molecular weight excluding hydrogens is 287 g/mol. The number of nitrogens with one attached hydrogen (secondary N) is 2. The molecule has 8 heteroatoms. The minimum absolute atomic E-state index is 0.0571. The Kier molecular flexibility index (Phi) is 4.18. The second kappa shape index (κ2) is 5.88. The first-order chi connectivity index (χ1) is 9.90. The van der Waals surface area contributed by atoms with E-state index in [4.69, 9.17) is 10.3 Å². The standard InChI is InChI=1S/C13H12F3N3O2/c14-13(15,16)8-1-3-9(4-2-8)18-7-10-5-6-11(21-10)12(20)19-17/h1-6,18H,7,17H2,(H,19,20). The third-order valence-corrected chi connectivity index (χ3v) is 2.70. The van der Waals surface area contributed by atoms with Gasteiger partial charge in [-0.1, -0.05) is 0 Å². The number of rotatable bonds is 4. The van der Waals surface area contributed by atoms with Crippen LogP contribution in [0.4, 0.5) is 18.9 Å². The number of nitrogens with two attached hydrogens (primary N) is 1. The Hall–Kier alpha value is -2.48. The predicted octanol–water partition coefficient (Wildman–Crippen LogP) is 2.51. The Balaban J connectivity index is 1.97. The van der Waals surface area contributed by atoms with Gasteiger partial charge < -0.3 is 9.73 Å². The summed E-state index contributed by atoms with van der Waals surface area (Å²) in [5.74, 6) is 4.91. The topological polar surface area (TPSA) is 80.3 Å². The molecule has 2 rings (SSSR count). The van der Waals surface area contributed by atoms with Gasteiger partial charge in [0.1, 0.15) is 5.76 Å². The van der Waals surface area contributed by atoms with Crippen LogP contribution >= 0.6 is 0 Å². The van der Waals surface area contributed by atoms with E-state index < -0.39 is 17.6 Å². The molecule has 0 aliphatic rings. The quantitative estimate of drug-likeness (QED) is 0.460. The van der Waals surface area contributed by atoms with Crippen molar-refractivity contribution in [2.24, 2.45) is 5.84 Å². The Bertz CT molecular complexity index is 620. The molecule has 0 fully saturated rings. The number of carbonyl (C=O) groups excluding carboxylic acids is 1. The van der Waals surface area contributed by atoms with E-state index in [-0.39, 0.29) is 12.3 Å². The van der Waals surface area contributed by atoms with Gasteiger partial charge in [-0.2, -0.15) is 13.2 Å². The molecule has 1 heterocycles. The summed E-state index contributed by atoms with van der Waals surface area (Å²) in [4.78, 5) is 11.2. The molecule has 0 spiro atoms. The number of carbonyl (C=O) groups is 1. The molecule has 0 radical (unpaired) electrons. The van der Waals surface area contributed by atoms with Crippen molar-refractivity contribution in [3.05, 3.63) is 53.5 Å². The Morgan fingerprint density at radius 3 is 2.38 bits per heavy atom. The molecular formula is C13H12F3N3O2. The normalized spacial score (nSPS) is 11.2. The first-order valence-electron chi connectivity index (χ1n) is 5.91. The van der Waals surface area contributed by atoms with Crippen molar-refractivity contribution in [3.8, 4) is 0 Å². The van der Waals surface area contributed by atoms with Crippen molar-refractivity contribution < 1.29 is 22.4 Å². The van der Waals surface area contributed by atoms with Crippen LogP contribution in [0.2, 0.25) is 0 Å². The van der Waals surface area contributed by atoms with Gasteiger partial charge in [-0.15, -0.1) is 0 Å². The Morgan fingerprint density at radius 1 is 1.14 bits per heavy atom. The van der Waals surface area contributed by atoms with Crippen LogP contribution in [-0.2, 0) is 12.7 Å². The summed E-state index contributed by atoms with van der Waals surface area (Å²) in [6.45, 7) is 0.225. The molecule has 112 valence electrons. The summed E-state index contributed by atoms with van der Waals surface area (Å²) < 4.78 is 42.4. The van der Waals surface area contributed by atoms with Gasteiger partial charge in [0.05, 0.1) is 12.1 Å². The van der Waals surface area contributed by atoms with Crippen LogP contribution in [0, 0.1) is 0 Å². The Labute approximate surface area is 117 Å². The number of hydrazine groups is 1. The van der Waals surface area contributed by atoms with E-state index in [1.807, 2.05) is 5.43 Å². The highest BCUT2D eigenvalue weighted by molar-refractivity contribution is 5.90. The van der Waals surface area contributed by atoms with E-state index in [9.17, 15) is 18.0 Å². The van der Waals surface area contributed by atoms with E-state index in [0.717, 1.165) is 12.1 Å². The first-order valence-corrected chi connectivity index (χ1v) is 5.91. The molecule has 0 bridgehead atoms. The number of alkyl halides is 3. The molecule has 0 unspecified atom stereocenters. The monoisotopic (exact) mass is 299 g/mol. The van der Waals surface area contributed by atoms with E-state index in [2.05, 4.69) is 5.32 Å². The smallest absolute Gasteiger partial charge is 0.416 e. The van der Waals surface area contributed by atoms with Gasteiger partial charge in [0.2, 0.25) is 0 Å². The lowest BCUT2D eigenvalue weighted by Gasteiger charge is -2.08.